The molecule has 1 aliphatic rings. The van der Waals surface area contributed by atoms with Crippen LogP contribution in [0.25, 0.3) is 10.9 Å². The minimum atomic E-state index is -3.98. The fourth-order valence-corrected chi connectivity index (χ4v) is 4.42. The summed E-state index contributed by atoms with van der Waals surface area (Å²) in [5.74, 6) is -0.288. The van der Waals surface area contributed by atoms with Crippen molar-refractivity contribution in [2.24, 2.45) is 0 Å². The van der Waals surface area contributed by atoms with Gasteiger partial charge in [0.2, 0.25) is 0 Å². The molecule has 1 saturated heterocycles. The highest BCUT2D eigenvalue weighted by atomic mass is 32.2. The zero-order valence-corrected chi connectivity index (χ0v) is 14.3. The molecule has 0 bridgehead atoms. The maximum absolute atomic E-state index is 12.9. The van der Waals surface area contributed by atoms with E-state index in [2.05, 4.69) is 15.3 Å². The molecule has 0 spiro atoms. The first-order chi connectivity index (χ1) is 12.1. The van der Waals surface area contributed by atoms with Crippen LogP contribution in [0.5, 0.6) is 5.75 Å². The van der Waals surface area contributed by atoms with E-state index in [1.807, 2.05) is 18.2 Å². The van der Waals surface area contributed by atoms with E-state index >= 15 is 0 Å². The summed E-state index contributed by atoms with van der Waals surface area (Å²) < 4.78 is 26.9. The van der Waals surface area contributed by atoms with Crippen molar-refractivity contribution >= 4 is 26.6 Å². The van der Waals surface area contributed by atoms with Crippen LogP contribution in [0.1, 0.15) is 0 Å². The predicted molar refractivity (Wildman–Crippen MR) is 95.5 cm³/mol. The lowest BCUT2D eigenvalue weighted by molar-refractivity contribution is 0.458. The average molecular weight is 358 g/mol. The zero-order valence-electron chi connectivity index (χ0n) is 13.5. The van der Waals surface area contributed by atoms with Crippen LogP contribution in [0.15, 0.2) is 53.6 Å². The van der Waals surface area contributed by atoms with Gasteiger partial charge < -0.3 is 15.3 Å². The van der Waals surface area contributed by atoms with Gasteiger partial charge in [-0.05, 0) is 30.3 Å². The fraction of sp³-hybridized carbons (Fsp3) is 0.235. The van der Waals surface area contributed by atoms with Crippen LogP contribution in [0, 0.1) is 0 Å². The molecule has 4 rings (SSSR count). The molecule has 0 amide bonds. The van der Waals surface area contributed by atoms with E-state index in [9.17, 15) is 13.5 Å². The molecule has 0 saturated carbocycles. The second-order valence-electron chi connectivity index (χ2n) is 5.94. The molecule has 130 valence electrons. The van der Waals surface area contributed by atoms with Crippen LogP contribution in [0.2, 0.25) is 0 Å². The Labute approximate surface area is 145 Å². The molecule has 1 aromatic heterocycles. The second kappa shape index (κ2) is 6.05. The second-order valence-corrected chi connectivity index (χ2v) is 7.68. The molecule has 2 aromatic carbocycles. The number of rotatable bonds is 3. The number of nitrogens with zero attached hydrogens (tertiary/aromatic N) is 3. The maximum Gasteiger partial charge on any atom is 0.287 e. The van der Waals surface area contributed by atoms with Crippen molar-refractivity contribution in [2.45, 2.75) is 4.90 Å². The molecule has 0 radical (unpaired) electrons. The number of phenolic OH excluding ortho intramolecular Hbond substituents is 1. The molecule has 0 aliphatic carbocycles. The van der Waals surface area contributed by atoms with E-state index in [1.165, 1.54) is 18.3 Å². The summed E-state index contributed by atoms with van der Waals surface area (Å²) in [5, 5.41) is 18.0. The van der Waals surface area contributed by atoms with Gasteiger partial charge in [-0.25, -0.2) is 0 Å². The van der Waals surface area contributed by atoms with Crippen molar-refractivity contribution in [3.63, 3.8) is 0 Å². The Morgan fingerprint density at radius 2 is 1.84 bits per heavy atom. The number of aromatic nitrogens is 2. The van der Waals surface area contributed by atoms with Crippen molar-refractivity contribution in [1.82, 2.24) is 14.5 Å². The molecule has 8 heteroatoms. The Bertz CT molecular complexity index is 1020. The highest BCUT2D eigenvalue weighted by Gasteiger charge is 2.24. The van der Waals surface area contributed by atoms with Crippen LogP contribution in [-0.2, 0) is 10.0 Å². The quantitative estimate of drug-likeness (QED) is 0.736. The topological polar surface area (TPSA) is 87.5 Å². The van der Waals surface area contributed by atoms with Gasteiger partial charge in [0.05, 0.1) is 11.7 Å². The van der Waals surface area contributed by atoms with Crippen molar-refractivity contribution in [1.29, 1.82) is 0 Å². The van der Waals surface area contributed by atoms with E-state index in [4.69, 9.17) is 0 Å². The number of para-hydroxylation sites is 1. The molecule has 2 N–H and O–H groups in total. The molecule has 2 heterocycles. The maximum atomic E-state index is 12.9. The van der Waals surface area contributed by atoms with Gasteiger partial charge in [-0.1, -0.05) is 12.1 Å². The number of nitrogens with one attached hydrogen (secondary N) is 1. The summed E-state index contributed by atoms with van der Waals surface area (Å²) >= 11 is 0. The lowest BCUT2D eigenvalue weighted by atomic mass is 10.2. The SMILES string of the molecule is O=S(=O)(c1ccccc1O)n1ncc2ccc(N3CCNCC3)cc21. The van der Waals surface area contributed by atoms with E-state index in [0.717, 1.165) is 41.3 Å². The third-order valence-corrected chi connectivity index (χ3v) is 6.02. The number of hydrogen-bond acceptors (Lipinski definition) is 6. The van der Waals surface area contributed by atoms with Gasteiger partial charge in [-0.3, -0.25) is 0 Å². The first kappa shape index (κ1) is 15.9. The highest BCUT2D eigenvalue weighted by molar-refractivity contribution is 7.90. The molecule has 1 aliphatic heterocycles. The Kier molecular flexibility index (Phi) is 3.85. The summed E-state index contributed by atoms with van der Waals surface area (Å²) in [6.45, 7) is 3.53. The summed E-state index contributed by atoms with van der Waals surface area (Å²) in [6, 6.07) is 11.6. The minimum absolute atomic E-state index is 0.160. The molecular formula is C17H18N4O3S. The molecule has 3 aromatic rings. The number of aromatic hydroxyl groups is 1. The monoisotopic (exact) mass is 358 g/mol. The molecule has 0 atom stereocenters. The minimum Gasteiger partial charge on any atom is -0.507 e. The first-order valence-corrected chi connectivity index (χ1v) is 9.48. The number of benzene rings is 2. The summed E-state index contributed by atoms with van der Waals surface area (Å²) in [7, 11) is -3.98. The average Bonchev–Trinajstić information content (AvgIpc) is 3.06. The number of piperazine rings is 1. The first-order valence-electron chi connectivity index (χ1n) is 8.04. The van der Waals surface area contributed by atoms with Gasteiger partial charge in [-0.2, -0.15) is 17.6 Å². The van der Waals surface area contributed by atoms with Gasteiger partial charge in [0.15, 0.2) is 0 Å². The molecule has 0 unspecified atom stereocenters. The van der Waals surface area contributed by atoms with Crippen molar-refractivity contribution in [3.8, 4) is 5.75 Å². The van der Waals surface area contributed by atoms with E-state index in [1.54, 1.807) is 12.1 Å². The largest absolute Gasteiger partial charge is 0.507 e. The number of hydrogen-bond donors (Lipinski definition) is 2. The van der Waals surface area contributed by atoms with Gasteiger partial charge in [0.25, 0.3) is 10.0 Å². The number of phenols is 1. The lowest BCUT2D eigenvalue weighted by Gasteiger charge is -2.29. The third-order valence-electron chi connectivity index (χ3n) is 4.37. The van der Waals surface area contributed by atoms with E-state index < -0.39 is 10.0 Å². The van der Waals surface area contributed by atoms with Gasteiger partial charge >= 0.3 is 0 Å². The Morgan fingerprint density at radius 3 is 2.60 bits per heavy atom. The van der Waals surface area contributed by atoms with Crippen molar-refractivity contribution in [2.75, 3.05) is 31.1 Å². The van der Waals surface area contributed by atoms with Gasteiger partial charge in [0.1, 0.15) is 10.6 Å². The number of fused-ring (bicyclic) bond motifs is 1. The summed E-state index contributed by atoms with van der Waals surface area (Å²) in [4.78, 5) is 2.05. The van der Waals surface area contributed by atoms with E-state index in [-0.39, 0.29) is 10.6 Å². The molecule has 25 heavy (non-hydrogen) atoms. The third kappa shape index (κ3) is 2.73. The Morgan fingerprint density at radius 1 is 1.08 bits per heavy atom. The summed E-state index contributed by atoms with van der Waals surface area (Å²) in [5.41, 5.74) is 1.46. The smallest absolute Gasteiger partial charge is 0.287 e. The van der Waals surface area contributed by atoms with Crippen LogP contribution >= 0.6 is 0 Å². The summed E-state index contributed by atoms with van der Waals surface area (Å²) in [6.07, 6.45) is 1.52. The molecule has 1 fully saturated rings. The standard InChI is InChI=1S/C17H18N4O3S/c22-16-3-1-2-4-17(16)25(23,24)21-15-11-14(6-5-13(15)12-19-21)20-9-7-18-8-10-20/h1-6,11-12,18,22H,7-10H2. The predicted octanol–water partition coefficient (Wildman–Crippen LogP) is 1.39. The Hall–Kier alpha value is -2.58. The van der Waals surface area contributed by atoms with Gasteiger partial charge in [0, 0.05) is 37.3 Å². The van der Waals surface area contributed by atoms with Crippen LogP contribution in [0.3, 0.4) is 0 Å². The zero-order chi connectivity index (χ0) is 17.4. The lowest BCUT2D eigenvalue weighted by Crippen LogP contribution is -2.43. The van der Waals surface area contributed by atoms with E-state index in [0.29, 0.717) is 5.52 Å². The van der Waals surface area contributed by atoms with Crippen LogP contribution in [0.4, 0.5) is 5.69 Å². The number of anilines is 1. The normalized spacial score (nSPS) is 15.6. The Balaban J connectivity index is 1.83. The molecule has 7 nitrogen and oxygen atoms in total. The van der Waals surface area contributed by atoms with Gasteiger partial charge in [-0.15, -0.1) is 0 Å². The van der Waals surface area contributed by atoms with Crippen LogP contribution < -0.4 is 10.2 Å². The molecular weight excluding hydrogens is 340 g/mol. The highest BCUT2D eigenvalue weighted by Crippen LogP contribution is 2.28. The van der Waals surface area contributed by atoms with Crippen molar-refractivity contribution < 1.29 is 13.5 Å². The fourth-order valence-electron chi connectivity index (χ4n) is 3.06. The van der Waals surface area contributed by atoms with Crippen molar-refractivity contribution in [3.05, 3.63) is 48.7 Å². The van der Waals surface area contributed by atoms with Crippen LogP contribution in [-0.4, -0.2) is 48.9 Å².